The first-order valence-electron chi connectivity index (χ1n) is 5.58. The van der Waals surface area contributed by atoms with E-state index in [1.54, 1.807) is 6.34 Å². The standard InChI is InChI=1S/2C4H9.C3H6N2.Ni/c2*1-3-4-2;1-2-5-3-4-1;/h2*1,3-4H2,2H3;3H,1-2H2,(H,4,5);. The molecule has 1 heterocycles. The zero-order valence-electron chi connectivity index (χ0n) is 9.50. The summed E-state index contributed by atoms with van der Waals surface area (Å²) in [5, 5.41) is 5.72. The van der Waals surface area contributed by atoms with Gasteiger partial charge in [0.1, 0.15) is 0 Å². The van der Waals surface area contributed by atoms with Gasteiger partial charge in [0.15, 0.2) is 0 Å². The fourth-order valence-corrected chi connectivity index (χ4v) is 2.22. The van der Waals surface area contributed by atoms with Gasteiger partial charge in [0.2, 0.25) is 0 Å². The van der Waals surface area contributed by atoms with Crippen LogP contribution in [0.2, 0.25) is 10.8 Å². The van der Waals surface area contributed by atoms with E-state index >= 15 is 0 Å². The van der Waals surface area contributed by atoms with Crippen LogP contribution < -0.4 is 5.32 Å². The Morgan fingerprint density at radius 3 is 2.14 bits per heavy atom. The molecule has 14 heavy (non-hydrogen) atoms. The van der Waals surface area contributed by atoms with Gasteiger partial charge in [0.05, 0.1) is 12.9 Å². The Bertz CT molecular complexity index is 114. The molecular weight excluding hydrogens is 219 g/mol. The molecule has 3 heteroatoms. The molecule has 0 bridgehead atoms. The minimum atomic E-state index is 0.958. The molecule has 0 atom stereocenters. The molecule has 1 rings (SSSR count). The predicted molar refractivity (Wildman–Crippen MR) is 60.8 cm³/mol. The third kappa shape index (κ3) is 12.0. The Labute approximate surface area is 94.8 Å². The molecule has 0 saturated carbocycles. The van der Waals surface area contributed by atoms with Crippen LogP contribution in [0.4, 0.5) is 0 Å². The maximum absolute atomic E-state index is 3.85. The van der Waals surface area contributed by atoms with Crippen LogP contribution in [0.1, 0.15) is 39.5 Å². The Hall–Kier alpha value is -0.0365. The van der Waals surface area contributed by atoms with Gasteiger partial charge < -0.3 is 5.32 Å². The van der Waals surface area contributed by atoms with Crippen molar-refractivity contribution in [3.05, 3.63) is 0 Å². The van der Waals surface area contributed by atoms with Crippen molar-refractivity contribution in [3.8, 4) is 0 Å². The first-order valence-corrected chi connectivity index (χ1v) is 6.97. The molecule has 0 saturated heterocycles. The van der Waals surface area contributed by atoms with Crippen LogP contribution in [0.3, 0.4) is 0 Å². The Balaban J connectivity index is 0.000000280. The molecule has 0 fully saturated rings. The first-order chi connectivity index (χ1) is 6.91. The van der Waals surface area contributed by atoms with E-state index in [1.807, 2.05) is 14.4 Å². The van der Waals surface area contributed by atoms with Crippen molar-refractivity contribution < 1.29 is 14.4 Å². The van der Waals surface area contributed by atoms with Crippen LogP contribution >= 0.6 is 0 Å². The third-order valence-corrected chi connectivity index (χ3v) is 3.12. The quantitative estimate of drug-likeness (QED) is 0.562. The average Bonchev–Trinajstić information content (AvgIpc) is 2.76. The molecule has 1 aliphatic heterocycles. The zero-order chi connectivity index (χ0) is 10.5. The second kappa shape index (κ2) is 13.0. The van der Waals surface area contributed by atoms with Crippen molar-refractivity contribution in [2.24, 2.45) is 4.99 Å². The normalized spacial score (nSPS) is 13.6. The van der Waals surface area contributed by atoms with E-state index < -0.39 is 0 Å². The topological polar surface area (TPSA) is 24.4 Å². The number of unbranched alkanes of at least 4 members (excludes halogenated alkanes) is 2. The summed E-state index contributed by atoms with van der Waals surface area (Å²) in [6.45, 7) is 6.49. The van der Waals surface area contributed by atoms with Crippen LogP contribution in [-0.2, 0) is 14.4 Å². The Morgan fingerprint density at radius 2 is 1.86 bits per heavy atom. The van der Waals surface area contributed by atoms with Gasteiger partial charge in [-0.25, -0.2) is 0 Å². The van der Waals surface area contributed by atoms with Gasteiger partial charge in [-0.05, 0) is 0 Å². The molecule has 0 aromatic heterocycles. The van der Waals surface area contributed by atoms with Crippen LogP contribution in [0.15, 0.2) is 4.99 Å². The number of hydrogen-bond acceptors (Lipinski definition) is 2. The third-order valence-electron chi connectivity index (χ3n) is 1.72. The van der Waals surface area contributed by atoms with Crippen LogP contribution in [0, 0.1) is 0 Å². The average molecular weight is 243 g/mol. The van der Waals surface area contributed by atoms with Crippen molar-refractivity contribution >= 4 is 6.34 Å². The predicted octanol–water partition coefficient (Wildman–Crippen LogP) is 3.12. The monoisotopic (exact) mass is 242 g/mol. The molecule has 0 amide bonds. The summed E-state index contributed by atoms with van der Waals surface area (Å²) >= 11 is 1.94. The van der Waals surface area contributed by atoms with E-state index in [9.17, 15) is 0 Å². The van der Waals surface area contributed by atoms with E-state index in [0.717, 1.165) is 13.1 Å². The molecule has 88 valence electrons. The van der Waals surface area contributed by atoms with Gasteiger partial charge in [-0.3, -0.25) is 4.99 Å². The molecule has 1 N–H and O–H groups in total. The number of nitrogens with zero attached hydrogens (tertiary/aromatic N) is 1. The Morgan fingerprint density at radius 1 is 1.21 bits per heavy atom. The summed E-state index contributed by atoms with van der Waals surface area (Å²) in [6, 6.07) is 0. The molecule has 0 radical (unpaired) electrons. The summed E-state index contributed by atoms with van der Waals surface area (Å²) in [7, 11) is 0. The minimum absolute atomic E-state index is 0.958. The van der Waals surface area contributed by atoms with E-state index in [4.69, 9.17) is 0 Å². The van der Waals surface area contributed by atoms with E-state index in [1.165, 1.54) is 36.5 Å². The Kier molecular flexibility index (Phi) is 12.9. The molecule has 0 unspecified atom stereocenters. The summed E-state index contributed by atoms with van der Waals surface area (Å²) in [4.78, 5) is 3.85. The fourth-order valence-electron chi connectivity index (χ4n) is 0.784. The van der Waals surface area contributed by atoms with Crippen LogP contribution in [0.25, 0.3) is 0 Å². The van der Waals surface area contributed by atoms with Gasteiger partial charge in [0, 0.05) is 6.54 Å². The number of hydrogen-bond donors (Lipinski definition) is 1. The zero-order valence-corrected chi connectivity index (χ0v) is 10.5. The maximum atomic E-state index is 3.85. The molecule has 0 aromatic carbocycles. The van der Waals surface area contributed by atoms with Crippen molar-refractivity contribution in [3.63, 3.8) is 0 Å². The number of nitrogens with one attached hydrogen (secondary N) is 1. The summed E-state index contributed by atoms with van der Waals surface area (Å²) in [5.74, 6) is 0. The van der Waals surface area contributed by atoms with Crippen molar-refractivity contribution in [1.82, 2.24) is 5.32 Å². The van der Waals surface area contributed by atoms with E-state index in [2.05, 4.69) is 24.2 Å². The summed E-state index contributed by atoms with van der Waals surface area (Å²) in [6.07, 6.45) is 7.25. The summed E-state index contributed by atoms with van der Waals surface area (Å²) in [5.41, 5.74) is 0. The van der Waals surface area contributed by atoms with Crippen LogP contribution in [0.5, 0.6) is 0 Å². The van der Waals surface area contributed by atoms with E-state index in [0.29, 0.717) is 0 Å². The molecule has 0 spiro atoms. The van der Waals surface area contributed by atoms with Gasteiger partial charge in [-0.2, -0.15) is 0 Å². The first kappa shape index (κ1) is 14.0. The van der Waals surface area contributed by atoms with Crippen LogP contribution in [-0.4, -0.2) is 19.4 Å². The number of aliphatic imine (C=N–C) groups is 1. The van der Waals surface area contributed by atoms with Crippen molar-refractivity contribution in [2.75, 3.05) is 13.1 Å². The summed E-state index contributed by atoms with van der Waals surface area (Å²) < 4.78 is 0. The van der Waals surface area contributed by atoms with Gasteiger partial charge in [-0.15, -0.1) is 0 Å². The molecule has 2 nitrogen and oxygen atoms in total. The molecular formula is C11H24N2Ni. The van der Waals surface area contributed by atoms with Crippen molar-refractivity contribution in [1.29, 1.82) is 0 Å². The second-order valence-corrected chi connectivity index (χ2v) is 4.65. The van der Waals surface area contributed by atoms with Gasteiger partial charge in [-0.1, -0.05) is 0 Å². The second-order valence-electron chi connectivity index (χ2n) is 3.17. The van der Waals surface area contributed by atoms with Crippen molar-refractivity contribution in [2.45, 2.75) is 50.3 Å². The van der Waals surface area contributed by atoms with Gasteiger partial charge >= 0.3 is 64.8 Å². The molecule has 0 aromatic rings. The fraction of sp³-hybridized carbons (Fsp3) is 0.909. The molecule has 1 aliphatic rings. The van der Waals surface area contributed by atoms with E-state index in [-0.39, 0.29) is 0 Å². The van der Waals surface area contributed by atoms with Gasteiger partial charge in [0.25, 0.3) is 0 Å². The molecule has 0 aliphatic carbocycles. The number of rotatable bonds is 6. The SMILES string of the molecule is C1=NCCN1.CCC[CH2][Ni][CH2]CCC.